The molecule has 1 aliphatic heterocycles. The first kappa shape index (κ1) is 24.8. The number of aryl methyl sites for hydroxylation is 1. The van der Waals surface area contributed by atoms with Crippen LogP contribution in [0.2, 0.25) is 0 Å². The molecule has 0 spiro atoms. The highest BCUT2D eigenvalue weighted by Crippen LogP contribution is 2.35. The molecule has 8 nitrogen and oxygen atoms in total. The Kier molecular flexibility index (Phi) is 8.41. The van der Waals surface area contributed by atoms with Crippen LogP contribution in [0.5, 0.6) is 17.2 Å². The number of hydrogen-bond acceptors (Lipinski definition) is 7. The molecule has 1 aromatic heterocycles. The van der Waals surface area contributed by atoms with Gasteiger partial charge in [0.25, 0.3) is 5.91 Å². The molecular weight excluding hydrogens is 468 g/mol. The molecule has 4 rings (SSSR count). The minimum absolute atomic E-state index is 0.163. The number of ether oxygens (including phenoxy) is 4. The van der Waals surface area contributed by atoms with Crippen molar-refractivity contribution >= 4 is 33.4 Å². The van der Waals surface area contributed by atoms with Gasteiger partial charge in [0.05, 0.1) is 29.9 Å². The van der Waals surface area contributed by atoms with E-state index in [2.05, 4.69) is 11.9 Å². The van der Waals surface area contributed by atoms with Gasteiger partial charge >= 0.3 is 5.97 Å². The molecule has 0 atom stereocenters. The Balaban J connectivity index is 1.66. The Bertz CT molecular complexity index is 1260. The third-order valence-electron chi connectivity index (χ3n) is 5.49. The minimum atomic E-state index is -0.377. The van der Waals surface area contributed by atoms with E-state index in [0.29, 0.717) is 60.6 Å². The summed E-state index contributed by atoms with van der Waals surface area (Å²) in [5.74, 6) is 1.26. The van der Waals surface area contributed by atoms with E-state index in [1.165, 1.54) is 11.3 Å². The van der Waals surface area contributed by atoms with Gasteiger partial charge in [-0.1, -0.05) is 37.2 Å². The minimum Gasteiger partial charge on any atom is -0.494 e. The van der Waals surface area contributed by atoms with Crippen LogP contribution < -0.4 is 19.0 Å². The molecule has 3 aromatic rings. The van der Waals surface area contributed by atoms with Gasteiger partial charge in [-0.25, -0.2) is 0 Å². The molecule has 0 bridgehead atoms. The third kappa shape index (κ3) is 6.22. The summed E-state index contributed by atoms with van der Waals surface area (Å²) in [6, 6.07) is 10.8. The highest BCUT2D eigenvalue weighted by molar-refractivity contribution is 7.16. The fourth-order valence-corrected chi connectivity index (χ4v) is 4.82. The van der Waals surface area contributed by atoms with Crippen LogP contribution in [0.1, 0.15) is 49.9 Å². The van der Waals surface area contributed by atoms with Crippen LogP contribution in [-0.2, 0) is 16.1 Å². The van der Waals surface area contributed by atoms with E-state index in [0.717, 1.165) is 29.5 Å². The number of nitrogens with zero attached hydrogens (tertiary/aromatic N) is 2. The summed E-state index contributed by atoms with van der Waals surface area (Å²) in [6.45, 7) is 6.13. The van der Waals surface area contributed by atoms with Gasteiger partial charge in [-0.05, 0) is 31.5 Å². The molecule has 35 heavy (non-hydrogen) atoms. The first-order chi connectivity index (χ1) is 17.1. The topological polar surface area (TPSA) is 88.4 Å². The van der Waals surface area contributed by atoms with Gasteiger partial charge in [-0.2, -0.15) is 4.99 Å². The molecule has 0 N–H and O–H groups in total. The zero-order valence-electron chi connectivity index (χ0n) is 20.1. The van der Waals surface area contributed by atoms with Crippen molar-refractivity contribution in [2.45, 2.75) is 46.1 Å². The molecule has 1 aliphatic rings. The number of carbonyl (C=O) groups excluding carboxylic acids is 2. The van der Waals surface area contributed by atoms with E-state index in [1.807, 2.05) is 22.8 Å². The van der Waals surface area contributed by atoms with Crippen molar-refractivity contribution in [3.05, 3.63) is 46.8 Å². The molecule has 2 aromatic carbocycles. The SMILES string of the molecule is CCCCCOc1cccc(C(=O)N=c2sc3cc4c(cc3n2CCC(=O)OCC)OCCO4)c1. The van der Waals surface area contributed by atoms with Crippen molar-refractivity contribution in [3.8, 4) is 17.2 Å². The second-order valence-corrected chi connectivity index (χ2v) is 9.06. The van der Waals surface area contributed by atoms with Gasteiger partial charge in [0, 0.05) is 24.2 Å². The van der Waals surface area contributed by atoms with Crippen LogP contribution in [0.15, 0.2) is 41.4 Å². The van der Waals surface area contributed by atoms with Crippen molar-refractivity contribution in [1.29, 1.82) is 0 Å². The van der Waals surface area contributed by atoms with Crippen LogP contribution in [0.4, 0.5) is 0 Å². The van der Waals surface area contributed by atoms with Gasteiger partial charge in [0.2, 0.25) is 0 Å². The fraction of sp³-hybridized carbons (Fsp3) is 0.423. The summed E-state index contributed by atoms with van der Waals surface area (Å²) < 4.78 is 25.1. The largest absolute Gasteiger partial charge is 0.494 e. The number of hydrogen-bond donors (Lipinski definition) is 0. The smallest absolute Gasteiger partial charge is 0.307 e. The first-order valence-corrected chi connectivity index (χ1v) is 12.8. The number of aromatic nitrogens is 1. The molecule has 0 unspecified atom stereocenters. The Morgan fingerprint density at radius 2 is 1.89 bits per heavy atom. The van der Waals surface area contributed by atoms with Crippen LogP contribution in [0, 0.1) is 0 Å². The van der Waals surface area contributed by atoms with Crippen molar-refractivity contribution in [3.63, 3.8) is 0 Å². The second-order valence-electron chi connectivity index (χ2n) is 8.06. The van der Waals surface area contributed by atoms with E-state index in [4.69, 9.17) is 18.9 Å². The molecule has 1 amide bonds. The van der Waals surface area contributed by atoms with E-state index in [-0.39, 0.29) is 18.3 Å². The standard InChI is InChI=1S/C26H30N2O6S/c1-3-5-6-12-32-19-9-7-8-18(15-19)25(30)27-26-28(11-10-24(29)31-4-2)20-16-21-22(17-23(20)35-26)34-14-13-33-21/h7-9,15-17H,3-6,10-14H2,1-2H3. The molecule has 0 fully saturated rings. The number of fused-ring (bicyclic) bond motifs is 2. The molecule has 0 aliphatic carbocycles. The quantitative estimate of drug-likeness (QED) is 0.296. The molecule has 9 heteroatoms. The molecule has 186 valence electrons. The molecular formula is C26H30N2O6S. The average Bonchev–Trinajstić information content (AvgIpc) is 3.19. The summed E-state index contributed by atoms with van der Waals surface area (Å²) in [5, 5.41) is 0. The van der Waals surface area contributed by atoms with Crippen molar-refractivity contribution in [2.75, 3.05) is 26.4 Å². The number of rotatable bonds is 10. The zero-order valence-corrected chi connectivity index (χ0v) is 20.9. The Hall–Kier alpha value is -3.33. The lowest BCUT2D eigenvalue weighted by atomic mass is 10.2. The Labute approximate surface area is 208 Å². The summed E-state index contributed by atoms with van der Waals surface area (Å²) in [6.07, 6.45) is 3.35. The van der Waals surface area contributed by atoms with E-state index in [1.54, 1.807) is 25.1 Å². The number of amides is 1. The summed E-state index contributed by atoms with van der Waals surface area (Å²) in [4.78, 5) is 30.0. The maximum Gasteiger partial charge on any atom is 0.307 e. The highest BCUT2D eigenvalue weighted by Gasteiger charge is 2.18. The first-order valence-electron chi connectivity index (χ1n) is 12.0. The molecule has 0 saturated carbocycles. The number of benzene rings is 2. The molecule has 0 saturated heterocycles. The Morgan fingerprint density at radius 1 is 1.09 bits per heavy atom. The monoisotopic (exact) mass is 498 g/mol. The van der Waals surface area contributed by atoms with Gasteiger partial charge in [-0.3, -0.25) is 9.59 Å². The summed E-state index contributed by atoms with van der Waals surface area (Å²) >= 11 is 1.36. The van der Waals surface area contributed by atoms with Crippen LogP contribution in [0.25, 0.3) is 10.2 Å². The lowest BCUT2D eigenvalue weighted by Crippen LogP contribution is -2.20. The van der Waals surface area contributed by atoms with Crippen molar-refractivity contribution in [1.82, 2.24) is 4.57 Å². The zero-order chi connectivity index (χ0) is 24.6. The van der Waals surface area contributed by atoms with Gasteiger partial charge in [0.15, 0.2) is 16.3 Å². The Morgan fingerprint density at radius 3 is 2.66 bits per heavy atom. The van der Waals surface area contributed by atoms with Gasteiger partial charge in [0.1, 0.15) is 19.0 Å². The fourth-order valence-electron chi connectivity index (χ4n) is 3.76. The predicted octanol–water partition coefficient (Wildman–Crippen LogP) is 4.74. The number of carbonyl (C=O) groups is 2. The van der Waals surface area contributed by atoms with Crippen LogP contribution in [0.3, 0.4) is 0 Å². The van der Waals surface area contributed by atoms with Crippen LogP contribution >= 0.6 is 11.3 Å². The van der Waals surface area contributed by atoms with Crippen molar-refractivity contribution < 1.29 is 28.5 Å². The number of unbranched alkanes of at least 4 members (excludes halogenated alkanes) is 2. The lowest BCUT2D eigenvalue weighted by Gasteiger charge is -2.18. The highest BCUT2D eigenvalue weighted by atomic mass is 32.1. The summed E-state index contributed by atoms with van der Waals surface area (Å²) in [7, 11) is 0. The summed E-state index contributed by atoms with van der Waals surface area (Å²) in [5.41, 5.74) is 1.27. The molecule has 2 heterocycles. The maximum atomic E-state index is 13.1. The number of thiazole rings is 1. The van der Waals surface area contributed by atoms with Gasteiger partial charge < -0.3 is 23.5 Å². The normalized spacial score (nSPS) is 13.1. The third-order valence-corrected chi connectivity index (χ3v) is 6.53. The maximum absolute atomic E-state index is 13.1. The van der Waals surface area contributed by atoms with Crippen molar-refractivity contribution in [2.24, 2.45) is 4.99 Å². The average molecular weight is 499 g/mol. The second kappa shape index (κ2) is 11.9. The van der Waals surface area contributed by atoms with E-state index >= 15 is 0 Å². The lowest BCUT2D eigenvalue weighted by molar-refractivity contribution is -0.143. The number of esters is 1. The van der Waals surface area contributed by atoms with Gasteiger partial charge in [-0.15, -0.1) is 0 Å². The van der Waals surface area contributed by atoms with E-state index < -0.39 is 0 Å². The van der Waals surface area contributed by atoms with Crippen LogP contribution in [-0.4, -0.2) is 42.9 Å². The van der Waals surface area contributed by atoms with E-state index in [9.17, 15) is 9.59 Å². The predicted molar refractivity (Wildman–Crippen MR) is 133 cm³/mol. The molecule has 0 radical (unpaired) electrons.